The summed E-state index contributed by atoms with van der Waals surface area (Å²) in [5, 5.41) is 19.8. The first-order chi connectivity index (χ1) is 57.2. The van der Waals surface area contributed by atoms with Crippen LogP contribution in [0.3, 0.4) is 0 Å². The lowest BCUT2D eigenvalue weighted by atomic mass is 10.1. The van der Waals surface area contributed by atoms with Crippen LogP contribution in [0.5, 0.6) is 0 Å². The molecule has 20 rings (SSSR count). The summed E-state index contributed by atoms with van der Waals surface area (Å²) in [6.07, 6.45) is 32.8. The van der Waals surface area contributed by atoms with Gasteiger partial charge in [-0.1, -0.05) is 41.9 Å². The molecule has 27 nitrogen and oxygen atoms in total. The number of oxazole rings is 1. The molecular formula is C86H77ClF2N22O5S. The van der Waals surface area contributed by atoms with Crippen molar-refractivity contribution in [2.45, 2.75) is 56.8 Å². The van der Waals surface area contributed by atoms with E-state index in [0.717, 1.165) is 132 Å². The molecule has 4 aliphatic rings. The second kappa shape index (κ2) is 34.0. The minimum absolute atomic E-state index is 0.00881. The Bertz CT molecular complexity index is 6020. The summed E-state index contributed by atoms with van der Waals surface area (Å²) in [6.45, 7) is 8.12. The van der Waals surface area contributed by atoms with Gasteiger partial charge in [-0.2, -0.15) is 5.10 Å². The molecule has 0 saturated carbocycles. The van der Waals surface area contributed by atoms with Crippen LogP contribution in [-0.2, 0) is 0 Å². The fourth-order valence-electron chi connectivity index (χ4n) is 15.0. The zero-order chi connectivity index (χ0) is 79.9. The van der Waals surface area contributed by atoms with Gasteiger partial charge in [-0.05, 0) is 165 Å². The molecule has 4 amide bonds. The number of anilines is 4. The third kappa shape index (κ3) is 17.1. The number of hydrogen-bond donors (Lipinski definition) is 4. The number of rotatable bonds is 16. The maximum absolute atomic E-state index is 13.1. The minimum atomic E-state index is -0.339. The van der Waals surface area contributed by atoms with Crippen LogP contribution in [0.15, 0.2) is 261 Å². The Morgan fingerprint density at radius 2 is 0.872 bits per heavy atom. The van der Waals surface area contributed by atoms with Gasteiger partial charge < -0.3 is 62.9 Å². The highest BCUT2D eigenvalue weighted by Gasteiger charge is 2.32. The fraction of sp³-hybridized carbons (Fsp3) is 0.198. The van der Waals surface area contributed by atoms with E-state index in [9.17, 15) is 28.0 Å². The molecule has 0 spiro atoms. The van der Waals surface area contributed by atoms with Crippen molar-refractivity contribution in [3.05, 3.63) is 301 Å². The molecule has 0 radical (unpaired) electrons. The van der Waals surface area contributed by atoms with Gasteiger partial charge in [0.05, 0.1) is 27.8 Å². The summed E-state index contributed by atoms with van der Waals surface area (Å²) in [5.74, 6) is 2.69. The largest absolute Gasteiger partial charge is 0.444 e. The second-order valence-corrected chi connectivity index (χ2v) is 29.9. The summed E-state index contributed by atoms with van der Waals surface area (Å²) in [4.78, 5) is 94.7. The van der Waals surface area contributed by atoms with E-state index in [1.807, 2.05) is 150 Å². The minimum Gasteiger partial charge on any atom is -0.444 e. The number of nitrogens with one attached hydrogen (secondary N) is 4. The highest BCUT2D eigenvalue weighted by atomic mass is 35.5. The van der Waals surface area contributed by atoms with Crippen LogP contribution in [0.4, 0.5) is 32.1 Å². The Morgan fingerprint density at radius 1 is 0.436 bits per heavy atom. The summed E-state index contributed by atoms with van der Waals surface area (Å²) in [6, 6.07) is 45.4. The van der Waals surface area contributed by atoms with Crippen LogP contribution in [0, 0.1) is 18.6 Å². The molecule has 0 bridgehead atoms. The van der Waals surface area contributed by atoms with Crippen molar-refractivity contribution in [3.63, 3.8) is 0 Å². The van der Waals surface area contributed by atoms with Gasteiger partial charge in [0.1, 0.15) is 28.6 Å². The molecule has 31 heteroatoms. The van der Waals surface area contributed by atoms with Crippen LogP contribution in [0.25, 0.3) is 60.9 Å². The SMILES string of the molecule is Cc1cc(Cl)ccc1-n1ccc(C(=O)N[C@H]2CCN(c3nccn4cccc34)C2)n1.O=C(N[C@H]1CCN(c2nccn3cccc23)C1)c1coc(-c2ccc(F)cc2)n1.O=C(N[C@H]1CCN(c2nccn3cccc23)C1)c1csc(-c2ccc(F)cc2)n1.O=C(N[C@H]1CCN(c2nccn3cccc23)C1)c1ncc(-c2ccccc2)cn1. The number of aromatic nitrogens is 14. The lowest BCUT2D eigenvalue weighted by molar-refractivity contribution is 0.0923. The lowest BCUT2D eigenvalue weighted by Crippen LogP contribution is -2.38. The van der Waals surface area contributed by atoms with Gasteiger partial charge >= 0.3 is 0 Å². The number of benzene rings is 4. The van der Waals surface area contributed by atoms with Crippen molar-refractivity contribution in [1.29, 1.82) is 0 Å². The molecule has 4 atom stereocenters. The molecule has 0 aliphatic carbocycles. The summed E-state index contributed by atoms with van der Waals surface area (Å²) >= 11 is 7.41. The molecule has 4 aliphatic heterocycles. The normalized spacial score (nSPS) is 16.4. The average Bonchev–Trinajstić information content (AvgIpc) is 1.68. The Hall–Kier alpha value is -14.0. The molecular weight excluding hydrogens is 1530 g/mol. The number of carbonyl (C=O) groups excluding carboxylic acids is 4. The molecule has 4 aromatic carbocycles. The summed E-state index contributed by atoms with van der Waals surface area (Å²) < 4.78 is 41.4. The van der Waals surface area contributed by atoms with Crippen LogP contribution in [0.2, 0.25) is 5.02 Å². The van der Waals surface area contributed by atoms with Crippen molar-refractivity contribution in [2.75, 3.05) is 72.0 Å². The summed E-state index contributed by atoms with van der Waals surface area (Å²) in [7, 11) is 0. The van der Waals surface area contributed by atoms with E-state index >= 15 is 0 Å². The van der Waals surface area contributed by atoms with E-state index in [1.54, 1.807) is 83.8 Å². The number of carbonyl (C=O) groups is 4. The van der Waals surface area contributed by atoms with Gasteiger partial charge in [0.2, 0.25) is 11.7 Å². The topological polar surface area (TPSA) is 281 Å². The molecule has 4 fully saturated rings. The predicted molar refractivity (Wildman–Crippen MR) is 443 cm³/mol. The first kappa shape index (κ1) is 75.7. The highest BCUT2D eigenvalue weighted by molar-refractivity contribution is 7.13. The molecule has 588 valence electrons. The fourth-order valence-corrected chi connectivity index (χ4v) is 16.0. The summed E-state index contributed by atoms with van der Waals surface area (Å²) in [5.41, 5.74) is 10.5. The van der Waals surface area contributed by atoms with Gasteiger partial charge in [0, 0.05) is 197 Å². The highest BCUT2D eigenvalue weighted by Crippen LogP contribution is 2.31. The van der Waals surface area contributed by atoms with E-state index in [2.05, 4.69) is 107 Å². The van der Waals surface area contributed by atoms with Crippen LogP contribution in [0.1, 0.15) is 73.3 Å². The Kier molecular flexibility index (Phi) is 22.0. The maximum atomic E-state index is 13.1. The molecule has 12 aromatic heterocycles. The first-order valence-electron chi connectivity index (χ1n) is 38.2. The number of thiazole rings is 1. The first-order valence-corrected chi connectivity index (χ1v) is 39.5. The van der Waals surface area contributed by atoms with Gasteiger partial charge in [-0.25, -0.2) is 53.3 Å². The van der Waals surface area contributed by atoms with E-state index < -0.39 is 0 Å². The number of halogens is 3. The Labute approximate surface area is 678 Å². The second-order valence-electron chi connectivity index (χ2n) is 28.7. The maximum Gasteiger partial charge on any atom is 0.289 e. The molecule has 16 heterocycles. The van der Waals surface area contributed by atoms with Crippen LogP contribution < -0.4 is 40.9 Å². The van der Waals surface area contributed by atoms with E-state index in [4.69, 9.17) is 16.0 Å². The molecule has 4 N–H and O–H groups in total. The zero-order valence-electron chi connectivity index (χ0n) is 63.2. The molecule has 4 saturated heterocycles. The van der Waals surface area contributed by atoms with E-state index in [1.165, 1.54) is 41.9 Å². The number of nitrogens with zero attached hydrogens (tertiary/aromatic N) is 18. The van der Waals surface area contributed by atoms with E-state index in [-0.39, 0.29) is 76.8 Å². The van der Waals surface area contributed by atoms with Crippen molar-refractivity contribution in [2.24, 2.45) is 0 Å². The predicted octanol–water partition coefficient (Wildman–Crippen LogP) is 13.0. The number of fused-ring (bicyclic) bond motifs is 4. The number of hydrogen-bond acceptors (Lipinski definition) is 19. The molecule has 0 unspecified atom stereocenters. The number of aryl methyl sites for hydroxylation is 1. The molecule has 16 aromatic rings. The van der Waals surface area contributed by atoms with Crippen molar-refractivity contribution in [1.82, 2.24) is 88.5 Å². The lowest BCUT2D eigenvalue weighted by Gasteiger charge is -2.18. The van der Waals surface area contributed by atoms with Crippen molar-refractivity contribution < 1.29 is 32.4 Å². The van der Waals surface area contributed by atoms with Gasteiger partial charge in [-0.3, -0.25) is 19.2 Å². The third-order valence-corrected chi connectivity index (χ3v) is 22.0. The monoisotopic (exact) mass is 1600 g/mol. The Morgan fingerprint density at radius 3 is 1.33 bits per heavy atom. The van der Waals surface area contributed by atoms with E-state index in [0.29, 0.717) is 46.6 Å². The third-order valence-electron chi connectivity index (χ3n) is 20.9. The van der Waals surface area contributed by atoms with Crippen LogP contribution >= 0.6 is 22.9 Å². The standard InChI is InChI=1S/C22H21ClN6O.C22H20N6O.C21H18FN5O2.C21H18FN5OS/c1-15-13-16(23)4-5-19(15)29-11-7-18(26-29)22(30)25-17-6-10-28(14-17)21-20-3-2-9-27(20)12-8-24-21;29-22(20-24-13-17(14-25-20)16-5-2-1-3-6-16)26-18-8-11-28(15-18)21-19-7-4-10-27(19)12-9-23-21;2*22-15-5-3-14(4-6-15)21-25-17(13-29-21)20(28)24-16-7-10-27(12-16)19-18-2-1-9-26(18)11-8-23-19/h2-5,7-9,11-13,17H,6,10,14H2,1H3,(H,25,30);1-7,9-10,12-14,18H,8,11,15H2,(H,26,29);2*1-6,8-9,11,13,16H,7,10,12H2,(H,24,28)/t17-;18-;2*16-/m0000/s1. The van der Waals surface area contributed by atoms with Gasteiger partial charge in [0.25, 0.3) is 23.6 Å². The van der Waals surface area contributed by atoms with Crippen LogP contribution in [-0.4, -0.2) is 167 Å². The smallest absolute Gasteiger partial charge is 0.289 e. The van der Waals surface area contributed by atoms with Gasteiger partial charge in [0.15, 0.2) is 34.7 Å². The van der Waals surface area contributed by atoms with Crippen molar-refractivity contribution in [3.8, 4) is 38.8 Å². The quantitative estimate of drug-likeness (QED) is 0.0699. The van der Waals surface area contributed by atoms with Crippen molar-refractivity contribution >= 4 is 91.9 Å². The van der Waals surface area contributed by atoms with Gasteiger partial charge in [-0.15, -0.1) is 11.3 Å². The average molecular weight is 1600 g/mol. The molecule has 117 heavy (non-hydrogen) atoms. The Balaban J connectivity index is 0.000000112. The number of amides is 4. The zero-order valence-corrected chi connectivity index (χ0v) is 64.7.